The quantitative estimate of drug-likeness (QED) is 0.743. The van der Waals surface area contributed by atoms with E-state index in [0.717, 1.165) is 54.2 Å². The molecule has 0 bridgehead atoms. The molecule has 26 heavy (non-hydrogen) atoms. The standard InChI is InChI=1S/C18H25N7S/c1-18(2,3)16-22-21-15-7-6-14(23-25(15)16)19-9-8-13-12-26-17(20-13)24-10-4-5-11-24/h6-7,12H,4-5,8-11H2,1-3H3,(H,19,23). The van der Waals surface area contributed by atoms with E-state index in [4.69, 9.17) is 4.98 Å². The summed E-state index contributed by atoms with van der Waals surface area (Å²) in [6.45, 7) is 9.44. The fraction of sp³-hybridized carbons (Fsp3) is 0.556. The van der Waals surface area contributed by atoms with Crippen LogP contribution in [-0.4, -0.2) is 44.4 Å². The fourth-order valence-electron chi connectivity index (χ4n) is 3.13. The second-order valence-corrected chi connectivity index (χ2v) is 8.59. The van der Waals surface area contributed by atoms with Crippen LogP contribution in [0, 0.1) is 0 Å². The Morgan fingerprint density at radius 1 is 1.15 bits per heavy atom. The van der Waals surface area contributed by atoms with E-state index in [9.17, 15) is 0 Å². The maximum Gasteiger partial charge on any atom is 0.185 e. The van der Waals surface area contributed by atoms with Gasteiger partial charge in [-0.3, -0.25) is 0 Å². The van der Waals surface area contributed by atoms with E-state index in [2.05, 4.69) is 51.7 Å². The van der Waals surface area contributed by atoms with Crippen LogP contribution >= 0.6 is 11.3 Å². The predicted octanol–water partition coefficient (Wildman–Crippen LogP) is 3.13. The molecule has 7 nitrogen and oxygen atoms in total. The van der Waals surface area contributed by atoms with Gasteiger partial charge < -0.3 is 10.2 Å². The van der Waals surface area contributed by atoms with Gasteiger partial charge in [0.2, 0.25) is 0 Å². The van der Waals surface area contributed by atoms with E-state index in [1.165, 1.54) is 12.8 Å². The highest BCUT2D eigenvalue weighted by atomic mass is 32.1. The molecule has 1 N–H and O–H groups in total. The summed E-state index contributed by atoms with van der Waals surface area (Å²) >= 11 is 1.75. The summed E-state index contributed by atoms with van der Waals surface area (Å²) in [5, 5.41) is 19.9. The Morgan fingerprint density at radius 2 is 1.96 bits per heavy atom. The number of aromatic nitrogens is 5. The van der Waals surface area contributed by atoms with E-state index in [-0.39, 0.29) is 5.41 Å². The molecular formula is C18H25N7S. The normalized spacial score (nSPS) is 15.1. The number of anilines is 2. The first-order valence-corrected chi connectivity index (χ1v) is 10.0. The van der Waals surface area contributed by atoms with Crippen LogP contribution in [-0.2, 0) is 11.8 Å². The van der Waals surface area contributed by atoms with E-state index < -0.39 is 0 Å². The highest BCUT2D eigenvalue weighted by molar-refractivity contribution is 7.13. The molecule has 0 unspecified atom stereocenters. The van der Waals surface area contributed by atoms with Gasteiger partial charge in [-0.2, -0.15) is 4.52 Å². The van der Waals surface area contributed by atoms with Crippen molar-refractivity contribution in [3.63, 3.8) is 0 Å². The average Bonchev–Trinajstić information content (AvgIpc) is 3.33. The van der Waals surface area contributed by atoms with Crippen LogP contribution in [0.5, 0.6) is 0 Å². The number of nitrogens with one attached hydrogen (secondary N) is 1. The lowest BCUT2D eigenvalue weighted by molar-refractivity contribution is 0.527. The van der Waals surface area contributed by atoms with E-state index in [0.29, 0.717) is 0 Å². The van der Waals surface area contributed by atoms with Gasteiger partial charge in [0.1, 0.15) is 5.82 Å². The maximum absolute atomic E-state index is 4.77. The van der Waals surface area contributed by atoms with E-state index >= 15 is 0 Å². The Morgan fingerprint density at radius 3 is 2.73 bits per heavy atom. The van der Waals surface area contributed by atoms with Gasteiger partial charge in [-0.15, -0.1) is 26.6 Å². The maximum atomic E-state index is 4.77. The largest absolute Gasteiger partial charge is 0.368 e. The van der Waals surface area contributed by atoms with Gasteiger partial charge >= 0.3 is 0 Å². The van der Waals surface area contributed by atoms with Crippen LogP contribution in [0.25, 0.3) is 5.65 Å². The fourth-order valence-corrected chi connectivity index (χ4v) is 4.05. The Kier molecular flexibility index (Phi) is 4.52. The summed E-state index contributed by atoms with van der Waals surface area (Å²) in [5.74, 6) is 1.70. The monoisotopic (exact) mass is 371 g/mol. The molecule has 3 aromatic rings. The molecule has 0 atom stereocenters. The summed E-state index contributed by atoms with van der Waals surface area (Å²) in [5.41, 5.74) is 1.82. The molecule has 4 heterocycles. The van der Waals surface area contributed by atoms with E-state index in [1.54, 1.807) is 11.3 Å². The van der Waals surface area contributed by atoms with Crippen molar-refractivity contribution >= 4 is 27.9 Å². The van der Waals surface area contributed by atoms with Crippen molar-refractivity contribution in [1.29, 1.82) is 0 Å². The number of nitrogens with zero attached hydrogens (tertiary/aromatic N) is 6. The molecule has 4 rings (SSSR count). The number of hydrogen-bond acceptors (Lipinski definition) is 7. The van der Waals surface area contributed by atoms with Crippen LogP contribution in [0.15, 0.2) is 17.5 Å². The van der Waals surface area contributed by atoms with Crippen LogP contribution in [0.3, 0.4) is 0 Å². The summed E-state index contributed by atoms with van der Waals surface area (Å²) < 4.78 is 1.83. The third-order valence-corrected chi connectivity index (χ3v) is 5.49. The molecule has 1 saturated heterocycles. The first-order chi connectivity index (χ1) is 12.5. The van der Waals surface area contributed by atoms with Gasteiger partial charge in [-0.05, 0) is 25.0 Å². The Bertz CT molecular complexity index is 886. The van der Waals surface area contributed by atoms with Crippen molar-refractivity contribution in [2.24, 2.45) is 0 Å². The molecule has 1 aliphatic rings. The minimum atomic E-state index is -0.0996. The molecule has 8 heteroatoms. The SMILES string of the molecule is CC(C)(C)c1nnc2ccc(NCCc3csc(N4CCCC4)n3)nn12. The zero-order valence-corrected chi connectivity index (χ0v) is 16.4. The third kappa shape index (κ3) is 3.51. The molecule has 0 spiro atoms. The van der Waals surface area contributed by atoms with Crippen molar-refractivity contribution in [1.82, 2.24) is 24.8 Å². The van der Waals surface area contributed by atoms with Crippen LogP contribution in [0.4, 0.5) is 10.9 Å². The molecule has 0 amide bonds. The summed E-state index contributed by atoms with van der Waals surface area (Å²) in [7, 11) is 0. The van der Waals surface area contributed by atoms with Crippen molar-refractivity contribution in [2.45, 2.75) is 45.4 Å². The number of hydrogen-bond donors (Lipinski definition) is 1. The molecular weight excluding hydrogens is 346 g/mol. The molecule has 1 fully saturated rings. The minimum Gasteiger partial charge on any atom is -0.368 e. The van der Waals surface area contributed by atoms with Crippen molar-refractivity contribution in [3.05, 3.63) is 29.0 Å². The molecule has 1 aliphatic heterocycles. The summed E-state index contributed by atoms with van der Waals surface area (Å²) in [6.07, 6.45) is 3.45. The zero-order chi connectivity index (χ0) is 18.1. The van der Waals surface area contributed by atoms with Gasteiger partial charge in [0, 0.05) is 36.9 Å². The minimum absolute atomic E-state index is 0.0996. The topological polar surface area (TPSA) is 71.2 Å². The highest BCUT2D eigenvalue weighted by Crippen LogP contribution is 2.24. The zero-order valence-electron chi connectivity index (χ0n) is 15.6. The van der Waals surface area contributed by atoms with Gasteiger partial charge in [-0.1, -0.05) is 20.8 Å². The highest BCUT2D eigenvalue weighted by Gasteiger charge is 2.21. The van der Waals surface area contributed by atoms with E-state index in [1.807, 2.05) is 16.6 Å². The van der Waals surface area contributed by atoms with Gasteiger partial charge in [0.05, 0.1) is 5.69 Å². The molecule has 0 saturated carbocycles. The molecule has 0 aromatic carbocycles. The smallest absolute Gasteiger partial charge is 0.185 e. The lowest BCUT2D eigenvalue weighted by atomic mass is 9.96. The molecule has 138 valence electrons. The first kappa shape index (κ1) is 17.2. The Labute approximate surface area is 157 Å². The summed E-state index contributed by atoms with van der Waals surface area (Å²) in [6, 6.07) is 3.90. The number of rotatable bonds is 5. The lowest BCUT2D eigenvalue weighted by Gasteiger charge is -2.15. The van der Waals surface area contributed by atoms with Crippen LogP contribution in [0.1, 0.15) is 45.1 Å². The molecule has 0 radical (unpaired) electrons. The van der Waals surface area contributed by atoms with Crippen LogP contribution in [0.2, 0.25) is 0 Å². The molecule has 0 aliphatic carbocycles. The number of fused-ring (bicyclic) bond motifs is 1. The van der Waals surface area contributed by atoms with Crippen molar-refractivity contribution in [3.8, 4) is 0 Å². The Hall–Kier alpha value is -2.22. The number of thiazole rings is 1. The van der Waals surface area contributed by atoms with Crippen molar-refractivity contribution in [2.75, 3.05) is 29.9 Å². The second kappa shape index (κ2) is 6.83. The van der Waals surface area contributed by atoms with Gasteiger partial charge in [0.15, 0.2) is 16.6 Å². The average molecular weight is 372 g/mol. The van der Waals surface area contributed by atoms with Gasteiger partial charge in [-0.25, -0.2) is 4.98 Å². The molecule has 3 aromatic heterocycles. The second-order valence-electron chi connectivity index (χ2n) is 7.75. The van der Waals surface area contributed by atoms with Gasteiger partial charge in [0.25, 0.3) is 0 Å². The summed E-state index contributed by atoms with van der Waals surface area (Å²) in [4.78, 5) is 7.16. The lowest BCUT2D eigenvalue weighted by Crippen LogP contribution is -2.18. The van der Waals surface area contributed by atoms with Crippen molar-refractivity contribution < 1.29 is 0 Å². The third-order valence-electron chi connectivity index (χ3n) is 4.54. The Balaban J connectivity index is 1.40. The van der Waals surface area contributed by atoms with Crippen LogP contribution < -0.4 is 10.2 Å². The first-order valence-electron chi connectivity index (χ1n) is 9.17. The predicted molar refractivity (Wildman–Crippen MR) is 105 cm³/mol.